The molecule has 16 heavy (non-hydrogen) atoms. The normalized spacial score (nSPS) is 16.4. The fourth-order valence-corrected chi connectivity index (χ4v) is 1.87. The molecule has 1 aliphatic rings. The molecule has 1 amide bonds. The Balaban J connectivity index is 1.78. The first-order valence-corrected chi connectivity index (χ1v) is 5.74. The molecule has 0 unspecified atom stereocenters. The molecular weight excluding hydrogens is 204 g/mol. The number of carbonyl (C=O) groups is 1. The third-order valence-corrected chi connectivity index (χ3v) is 2.80. The third kappa shape index (κ3) is 2.82. The molecule has 1 saturated heterocycles. The zero-order valence-electron chi connectivity index (χ0n) is 9.65. The van der Waals surface area contributed by atoms with Gasteiger partial charge < -0.3 is 10.2 Å². The molecule has 1 fully saturated rings. The number of nitrogens with zero attached hydrogens (tertiary/aromatic N) is 3. The molecule has 0 radical (unpaired) electrons. The Labute approximate surface area is 95.4 Å². The van der Waals surface area contributed by atoms with Crippen molar-refractivity contribution >= 4 is 5.91 Å². The molecule has 2 rings (SSSR count). The summed E-state index contributed by atoms with van der Waals surface area (Å²) in [5.74, 6) is 0.231. The maximum atomic E-state index is 11.8. The predicted octanol–water partition coefficient (Wildman–Crippen LogP) is 0.0134. The van der Waals surface area contributed by atoms with Gasteiger partial charge in [-0.05, 0) is 13.0 Å². The molecule has 0 spiro atoms. The first kappa shape index (κ1) is 11.1. The molecule has 2 heterocycles. The van der Waals surface area contributed by atoms with E-state index in [4.69, 9.17) is 0 Å². The second kappa shape index (κ2) is 5.12. The molecule has 88 valence electrons. The highest BCUT2D eigenvalue weighted by molar-refractivity contribution is 5.76. The van der Waals surface area contributed by atoms with Crippen LogP contribution in [0.2, 0.25) is 0 Å². The van der Waals surface area contributed by atoms with Crippen LogP contribution in [0.15, 0.2) is 12.3 Å². The van der Waals surface area contributed by atoms with Crippen LogP contribution in [0.25, 0.3) is 0 Å². The van der Waals surface area contributed by atoms with E-state index < -0.39 is 0 Å². The second-order valence-corrected chi connectivity index (χ2v) is 4.10. The lowest BCUT2D eigenvalue weighted by molar-refractivity contribution is -0.132. The molecule has 1 aromatic rings. The van der Waals surface area contributed by atoms with E-state index in [9.17, 15) is 4.79 Å². The van der Waals surface area contributed by atoms with Gasteiger partial charge in [0.25, 0.3) is 0 Å². The van der Waals surface area contributed by atoms with Gasteiger partial charge in [-0.15, -0.1) is 0 Å². The van der Waals surface area contributed by atoms with Crippen LogP contribution in [0.3, 0.4) is 0 Å². The van der Waals surface area contributed by atoms with Crippen LogP contribution in [0.1, 0.15) is 12.1 Å². The van der Waals surface area contributed by atoms with E-state index in [-0.39, 0.29) is 5.91 Å². The Bertz CT molecular complexity index is 355. The number of piperazine rings is 1. The summed E-state index contributed by atoms with van der Waals surface area (Å²) < 4.78 is 1.83. The minimum Gasteiger partial charge on any atom is -0.340 e. The van der Waals surface area contributed by atoms with Gasteiger partial charge in [0.2, 0.25) is 5.91 Å². The number of carbonyl (C=O) groups excluding carboxylic acids is 1. The Kier molecular flexibility index (Phi) is 3.56. The monoisotopic (exact) mass is 222 g/mol. The Hall–Kier alpha value is -1.36. The van der Waals surface area contributed by atoms with Crippen molar-refractivity contribution in [3.8, 4) is 0 Å². The van der Waals surface area contributed by atoms with Crippen LogP contribution in [0.5, 0.6) is 0 Å². The number of amides is 1. The van der Waals surface area contributed by atoms with Gasteiger partial charge in [-0.1, -0.05) is 0 Å². The average Bonchev–Trinajstić information content (AvgIpc) is 2.73. The number of rotatable bonds is 3. The van der Waals surface area contributed by atoms with Gasteiger partial charge in [-0.2, -0.15) is 5.10 Å². The molecule has 0 atom stereocenters. The molecule has 0 bridgehead atoms. The molecule has 0 aliphatic carbocycles. The van der Waals surface area contributed by atoms with E-state index in [0.29, 0.717) is 13.0 Å². The van der Waals surface area contributed by atoms with E-state index >= 15 is 0 Å². The highest BCUT2D eigenvalue weighted by Gasteiger charge is 2.15. The van der Waals surface area contributed by atoms with E-state index in [1.165, 1.54) is 0 Å². The van der Waals surface area contributed by atoms with Gasteiger partial charge >= 0.3 is 0 Å². The largest absolute Gasteiger partial charge is 0.340 e. The second-order valence-electron chi connectivity index (χ2n) is 4.10. The number of nitrogens with one attached hydrogen (secondary N) is 1. The lowest BCUT2D eigenvalue weighted by Crippen LogP contribution is -2.46. The molecular formula is C11H18N4O. The molecule has 0 aromatic carbocycles. The van der Waals surface area contributed by atoms with Crippen molar-refractivity contribution in [2.24, 2.45) is 0 Å². The van der Waals surface area contributed by atoms with Crippen molar-refractivity contribution in [3.05, 3.63) is 18.0 Å². The van der Waals surface area contributed by atoms with Crippen molar-refractivity contribution in [3.63, 3.8) is 0 Å². The van der Waals surface area contributed by atoms with E-state index in [1.807, 2.05) is 28.8 Å². The molecule has 1 aliphatic heterocycles. The van der Waals surface area contributed by atoms with Crippen molar-refractivity contribution in [1.82, 2.24) is 20.0 Å². The minimum atomic E-state index is 0.231. The maximum absolute atomic E-state index is 11.8. The summed E-state index contributed by atoms with van der Waals surface area (Å²) in [4.78, 5) is 13.8. The lowest BCUT2D eigenvalue weighted by atomic mass is 10.3. The van der Waals surface area contributed by atoms with Gasteiger partial charge in [-0.3, -0.25) is 9.48 Å². The van der Waals surface area contributed by atoms with Gasteiger partial charge in [-0.25, -0.2) is 0 Å². The standard InChI is InChI=1S/C11H18N4O/c1-10-2-6-15(13-10)7-3-11(16)14-8-4-12-5-9-14/h2,6,12H,3-5,7-9H2,1H3. The Morgan fingerprint density at radius 1 is 1.50 bits per heavy atom. The van der Waals surface area contributed by atoms with Crippen molar-refractivity contribution in [2.45, 2.75) is 19.9 Å². The molecule has 5 nitrogen and oxygen atoms in total. The van der Waals surface area contributed by atoms with Crippen LogP contribution in [0, 0.1) is 6.92 Å². The molecule has 5 heteroatoms. The highest BCUT2D eigenvalue weighted by atomic mass is 16.2. The number of aryl methyl sites for hydroxylation is 2. The zero-order valence-corrected chi connectivity index (χ0v) is 9.65. The van der Waals surface area contributed by atoms with Gasteiger partial charge in [0.15, 0.2) is 0 Å². The van der Waals surface area contributed by atoms with Crippen molar-refractivity contribution < 1.29 is 4.79 Å². The summed E-state index contributed by atoms with van der Waals surface area (Å²) in [6.07, 6.45) is 2.46. The first-order valence-electron chi connectivity index (χ1n) is 5.74. The smallest absolute Gasteiger partial charge is 0.224 e. The van der Waals surface area contributed by atoms with Crippen LogP contribution >= 0.6 is 0 Å². The van der Waals surface area contributed by atoms with E-state index in [2.05, 4.69) is 10.4 Å². The first-order chi connectivity index (χ1) is 7.75. The van der Waals surface area contributed by atoms with Crippen molar-refractivity contribution in [1.29, 1.82) is 0 Å². The summed E-state index contributed by atoms with van der Waals surface area (Å²) in [5, 5.41) is 7.50. The van der Waals surface area contributed by atoms with Crippen LogP contribution in [-0.2, 0) is 11.3 Å². The SMILES string of the molecule is Cc1ccn(CCC(=O)N2CCNCC2)n1. The highest BCUT2D eigenvalue weighted by Crippen LogP contribution is 2.00. The third-order valence-electron chi connectivity index (χ3n) is 2.80. The van der Waals surface area contributed by atoms with Crippen LogP contribution < -0.4 is 5.32 Å². The quantitative estimate of drug-likeness (QED) is 0.784. The fraction of sp³-hybridized carbons (Fsp3) is 0.636. The summed E-state index contributed by atoms with van der Waals surface area (Å²) in [6.45, 7) is 6.11. The van der Waals surface area contributed by atoms with Gasteiger partial charge in [0.1, 0.15) is 0 Å². The van der Waals surface area contributed by atoms with Crippen molar-refractivity contribution in [2.75, 3.05) is 26.2 Å². The average molecular weight is 222 g/mol. The fourth-order valence-electron chi connectivity index (χ4n) is 1.87. The number of aromatic nitrogens is 2. The topological polar surface area (TPSA) is 50.2 Å². The number of hydrogen-bond donors (Lipinski definition) is 1. The summed E-state index contributed by atoms with van der Waals surface area (Å²) in [5.41, 5.74) is 0.995. The summed E-state index contributed by atoms with van der Waals surface area (Å²) in [7, 11) is 0. The zero-order chi connectivity index (χ0) is 11.4. The van der Waals surface area contributed by atoms with E-state index in [1.54, 1.807) is 0 Å². The minimum absolute atomic E-state index is 0.231. The number of hydrogen-bond acceptors (Lipinski definition) is 3. The van der Waals surface area contributed by atoms with Crippen LogP contribution in [0.4, 0.5) is 0 Å². The predicted molar refractivity (Wildman–Crippen MR) is 61.0 cm³/mol. The lowest BCUT2D eigenvalue weighted by Gasteiger charge is -2.27. The summed E-state index contributed by atoms with van der Waals surface area (Å²) >= 11 is 0. The Morgan fingerprint density at radius 2 is 2.25 bits per heavy atom. The van der Waals surface area contributed by atoms with Gasteiger partial charge in [0, 0.05) is 45.3 Å². The maximum Gasteiger partial charge on any atom is 0.224 e. The Morgan fingerprint density at radius 3 is 2.88 bits per heavy atom. The molecule has 1 aromatic heterocycles. The van der Waals surface area contributed by atoms with Gasteiger partial charge in [0.05, 0.1) is 5.69 Å². The molecule has 0 saturated carbocycles. The van der Waals surface area contributed by atoms with E-state index in [0.717, 1.165) is 31.9 Å². The van der Waals surface area contributed by atoms with Crippen LogP contribution in [-0.4, -0.2) is 46.8 Å². The molecule has 1 N–H and O–H groups in total. The summed E-state index contributed by atoms with van der Waals surface area (Å²) in [6, 6.07) is 1.95.